The second-order valence-corrected chi connectivity index (χ2v) is 13.6. The number of aryl methyl sites for hydroxylation is 1. The highest BCUT2D eigenvalue weighted by Gasteiger charge is 2.48. The predicted octanol–water partition coefficient (Wildman–Crippen LogP) is 10.2. The molecular formula is C41H25BN2O2S. The van der Waals surface area contributed by atoms with Gasteiger partial charge in [0.25, 0.3) is 0 Å². The Labute approximate surface area is 276 Å². The predicted molar refractivity (Wildman–Crippen MR) is 193 cm³/mol. The SMILES string of the molecule is Cc1ccccc1N1B2c3cccc4c3N(c3ccccc3S4)c3c2c(cc2ccccc32)-c2cc3c(cc21)Oc1ccccc1O3. The van der Waals surface area contributed by atoms with Crippen molar-refractivity contribution in [2.45, 2.75) is 16.7 Å². The van der Waals surface area contributed by atoms with Gasteiger partial charge in [0, 0.05) is 38.2 Å². The molecule has 4 aliphatic heterocycles. The van der Waals surface area contributed by atoms with Crippen LogP contribution in [-0.2, 0) is 0 Å². The van der Waals surface area contributed by atoms with Crippen molar-refractivity contribution in [3.63, 3.8) is 0 Å². The maximum atomic E-state index is 6.53. The molecule has 0 bridgehead atoms. The molecule has 47 heavy (non-hydrogen) atoms. The lowest BCUT2D eigenvalue weighted by molar-refractivity contribution is 0.360. The second kappa shape index (κ2) is 9.24. The van der Waals surface area contributed by atoms with Crippen LogP contribution in [0, 0.1) is 6.92 Å². The highest BCUT2D eigenvalue weighted by molar-refractivity contribution is 7.99. The van der Waals surface area contributed by atoms with E-state index in [0.717, 1.165) is 34.2 Å². The van der Waals surface area contributed by atoms with Crippen molar-refractivity contribution in [3.8, 4) is 34.1 Å². The zero-order chi connectivity index (χ0) is 30.8. The lowest BCUT2D eigenvalue weighted by atomic mass is 9.43. The van der Waals surface area contributed by atoms with E-state index in [4.69, 9.17) is 9.47 Å². The molecule has 0 radical (unpaired) electrons. The Kier molecular flexibility index (Phi) is 5.03. The van der Waals surface area contributed by atoms with E-state index in [9.17, 15) is 0 Å². The molecule has 6 heteroatoms. The third kappa shape index (κ3) is 3.40. The molecule has 4 aliphatic rings. The van der Waals surface area contributed by atoms with Gasteiger partial charge in [-0.15, -0.1) is 0 Å². The van der Waals surface area contributed by atoms with E-state index in [1.54, 1.807) is 0 Å². The van der Waals surface area contributed by atoms with Crippen molar-refractivity contribution < 1.29 is 9.47 Å². The molecule has 4 nitrogen and oxygen atoms in total. The molecule has 11 rings (SSSR count). The smallest absolute Gasteiger partial charge is 0.333 e. The summed E-state index contributed by atoms with van der Waals surface area (Å²) in [6.07, 6.45) is 0. The summed E-state index contributed by atoms with van der Waals surface area (Å²) in [7, 11) is 0. The molecule has 0 aromatic heterocycles. The van der Waals surface area contributed by atoms with Crippen molar-refractivity contribution in [2.75, 3.05) is 9.71 Å². The van der Waals surface area contributed by atoms with Crippen molar-refractivity contribution in [1.29, 1.82) is 0 Å². The molecule has 0 saturated carbocycles. The van der Waals surface area contributed by atoms with Crippen LogP contribution in [-0.4, -0.2) is 6.85 Å². The molecule has 0 fully saturated rings. The van der Waals surface area contributed by atoms with Gasteiger partial charge in [-0.1, -0.05) is 90.6 Å². The number of hydrogen-bond acceptors (Lipinski definition) is 5. The van der Waals surface area contributed by atoms with Crippen LogP contribution in [0.25, 0.3) is 21.9 Å². The zero-order valence-electron chi connectivity index (χ0n) is 25.4. The lowest BCUT2D eigenvalue weighted by Gasteiger charge is -2.48. The van der Waals surface area contributed by atoms with Gasteiger partial charge in [-0.2, -0.15) is 0 Å². The first-order chi connectivity index (χ1) is 23.2. The average Bonchev–Trinajstić information content (AvgIpc) is 3.11. The molecule has 0 unspecified atom stereocenters. The van der Waals surface area contributed by atoms with Crippen LogP contribution in [0.15, 0.2) is 143 Å². The Morgan fingerprint density at radius 2 is 1.26 bits per heavy atom. The molecular weight excluding hydrogens is 595 g/mol. The first-order valence-corrected chi connectivity index (χ1v) is 16.8. The first kappa shape index (κ1) is 25.6. The Morgan fingerprint density at radius 1 is 0.553 bits per heavy atom. The molecule has 0 N–H and O–H groups in total. The third-order valence-electron chi connectivity index (χ3n) is 9.97. The summed E-state index contributed by atoms with van der Waals surface area (Å²) < 4.78 is 13.1. The number of anilines is 5. The van der Waals surface area contributed by atoms with Crippen molar-refractivity contribution >= 4 is 68.7 Å². The van der Waals surface area contributed by atoms with E-state index in [1.165, 1.54) is 65.4 Å². The van der Waals surface area contributed by atoms with E-state index < -0.39 is 0 Å². The van der Waals surface area contributed by atoms with E-state index in [2.05, 4.69) is 126 Å². The fourth-order valence-corrected chi connectivity index (χ4v) is 9.11. The maximum Gasteiger partial charge on any atom is 0.333 e. The molecule has 0 amide bonds. The van der Waals surface area contributed by atoms with E-state index >= 15 is 0 Å². The number of benzene rings is 7. The minimum absolute atomic E-state index is 0.0647. The van der Waals surface area contributed by atoms with Crippen molar-refractivity contribution in [2.24, 2.45) is 0 Å². The quantitative estimate of drug-likeness (QED) is 0.170. The number of hydrogen-bond donors (Lipinski definition) is 0. The fourth-order valence-electron chi connectivity index (χ4n) is 8.01. The van der Waals surface area contributed by atoms with Crippen LogP contribution >= 0.6 is 11.8 Å². The number of fused-ring (bicyclic) bond motifs is 10. The molecule has 0 saturated heterocycles. The second-order valence-electron chi connectivity index (χ2n) is 12.5. The van der Waals surface area contributed by atoms with Crippen LogP contribution in [0.1, 0.15) is 5.56 Å². The standard InChI is InChI=1S/C41H25BN2O2S/c1-24-11-2-5-15-30(24)44-32-23-36-35(45-33-17-7-8-18-34(33)46-36)22-27(32)28-21-25-12-3-4-13-26(25)40-39(28)42(44)29-14-10-20-38-41(29)43(40)31-16-6-9-19-37(31)47-38/h2-23H,1H3. The molecule has 7 aromatic carbocycles. The first-order valence-electron chi connectivity index (χ1n) is 16.0. The van der Waals surface area contributed by atoms with Crippen LogP contribution in [0.2, 0.25) is 0 Å². The minimum atomic E-state index is -0.0647. The summed E-state index contributed by atoms with van der Waals surface area (Å²) in [5.41, 5.74) is 12.2. The minimum Gasteiger partial charge on any atom is -0.449 e. The van der Waals surface area contributed by atoms with Gasteiger partial charge in [-0.05, 0) is 82.9 Å². The molecule has 220 valence electrons. The largest absolute Gasteiger partial charge is 0.449 e. The van der Waals surface area contributed by atoms with Gasteiger partial charge in [-0.25, -0.2) is 0 Å². The Bertz CT molecular complexity index is 2510. The average molecular weight is 621 g/mol. The van der Waals surface area contributed by atoms with Gasteiger partial charge in [0.2, 0.25) is 0 Å². The Balaban J connectivity index is 1.30. The summed E-state index contributed by atoms with van der Waals surface area (Å²) in [4.78, 5) is 7.63. The van der Waals surface area contributed by atoms with Crippen LogP contribution in [0.3, 0.4) is 0 Å². The highest BCUT2D eigenvalue weighted by Crippen LogP contribution is 2.57. The maximum absolute atomic E-state index is 6.53. The summed E-state index contributed by atoms with van der Waals surface area (Å²) >= 11 is 1.87. The summed E-state index contributed by atoms with van der Waals surface area (Å²) in [5, 5.41) is 2.46. The molecule has 0 spiro atoms. The van der Waals surface area contributed by atoms with Gasteiger partial charge in [0.1, 0.15) is 0 Å². The van der Waals surface area contributed by atoms with Crippen molar-refractivity contribution in [3.05, 3.63) is 139 Å². The van der Waals surface area contributed by atoms with E-state index in [-0.39, 0.29) is 6.85 Å². The van der Waals surface area contributed by atoms with E-state index in [0.29, 0.717) is 0 Å². The number of para-hydroxylation sites is 5. The van der Waals surface area contributed by atoms with Gasteiger partial charge >= 0.3 is 6.85 Å². The van der Waals surface area contributed by atoms with Crippen LogP contribution in [0.5, 0.6) is 23.0 Å². The molecule has 7 aromatic rings. The summed E-state index contributed by atoms with van der Waals surface area (Å²) in [6, 6.07) is 47.9. The normalized spacial score (nSPS) is 14.2. The lowest BCUT2D eigenvalue weighted by Crippen LogP contribution is -2.62. The summed E-state index contributed by atoms with van der Waals surface area (Å²) in [6.45, 7) is 2.15. The molecule has 0 aliphatic carbocycles. The monoisotopic (exact) mass is 620 g/mol. The summed E-state index contributed by atoms with van der Waals surface area (Å²) in [5.74, 6) is 2.91. The molecule has 0 atom stereocenters. The van der Waals surface area contributed by atoms with Gasteiger partial charge in [0.15, 0.2) is 23.0 Å². The Hall–Kier alpha value is -5.59. The number of nitrogens with zero attached hydrogens (tertiary/aromatic N) is 2. The topological polar surface area (TPSA) is 24.9 Å². The van der Waals surface area contributed by atoms with Crippen LogP contribution in [0.4, 0.5) is 28.4 Å². The fraction of sp³-hybridized carbons (Fsp3) is 0.0244. The van der Waals surface area contributed by atoms with Gasteiger partial charge in [0.05, 0.1) is 17.1 Å². The van der Waals surface area contributed by atoms with Crippen molar-refractivity contribution in [1.82, 2.24) is 0 Å². The van der Waals surface area contributed by atoms with E-state index in [1.807, 2.05) is 36.0 Å². The molecule has 4 heterocycles. The van der Waals surface area contributed by atoms with Gasteiger partial charge in [-0.3, -0.25) is 0 Å². The zero-order valence-corrected chi connectivity index (χ0v) is 26.2. The number of rotatable bonds is 1. The van der Waals surface area contributed by atoms with Gasteiger partial charge < -0.3 is 19.2 Å². The Morgan fingerprint density at radius 3 is 2.11 bits per heavy atom. The van der Waals surface area contributed by atoms with Crippen LogP contribution < -0.4 is 30.1 Å². The number of ether oxygens (including phenoxy) is 2. The highest BCUT2D eigenvalue weighted by atomic mass is 32.2. The third-order valence-corrected chi connectivity index (χ3v) is 11.1.